The van der Waals surface area contributed by atoms with Crippen LogP contribution in [0.1, 0.15) is 70.4 Å². The largest absolute Gasteiger partial charge is 0.508 e. The number of allylic oxidation sites excluding steroid dienone is 2. The Morgan fingerprint density at radius 2 is 1.90 bits per heavy atom. The topological polar surface area (TPSA) is 37.3 Å². The summed E-state index contributed by atoms with van der Waals surface area (Å²) in [5.41, 5.74) is 1.83. The first-order valence-electron chi connectivity index (χ1n) is 8.01. The summed E-state index contributed by atoms with van der Waals surface area (Å²) in [6.45, 7) is 8.54. The predicted molar refractivity (Wildman–Crippen MR) is 88.9 cm³/mol. The van der Waals surface area contributed by atoms with Crippen LogP contribution in [0.25, 0.3) is 0 Å². The van der Waals surface area contributed by atoms with E-state index in [1.807, 2.05) is 18.2 Å². The third kappa shape index (κ3) is 3.96. The third-order valence-corrected chi connectivity index (χ3v) is 4.60. The molecule has 0 spiro atoms. The molecule has 0 aliphatic carbocycles. The van der Waals surface area contributed by atoms with Crippen molar-refractivity contribution in [3.63, 3.8) is 0 Å². The third-order valence-electron chi connectivity index (χ3n) is 4.60. The Hall–Kier alpha value is -1.57. The molecule has 0 bridgehead atoms. The minimum absolute atomic E-state index is 0.266. The molecule has 0 saturated heterocycles. The molecule has 0 amide bonds. The van der Waals surface area contributed by atoms with Crippen molar-refractivity contribution in [2.45, 2.75) is 64.7 Å². The molecule has 1 aromatic carbocycles. The van der Waals surface area contributed by atoms with E-state index in [-0.39, 0.29) is 5.41 Å². The molecule has 21 heavy (non-hydrogen) atoms. The summed E-state index contributed by atoms with van der Waals surface area (Å²) in [5, 5.41) is 10.5. The van der Waals surface area contributed by atoms with Gasteiger partial charge in [0.1, 0.15) is 12.0 Å². The van der Waals surface area contributed by atoms with Crippen LogP contribution in [0.2, 0.25) is 0 Å². The van der Waals surface area contributed by atoms with E-state index < -0.39 is 0 Å². The van der Waals surface area contributed by atoms with Gasteiger partial charge in [-0.15, -0.1) is 0 Å². The summed E-state index contributed by atoms with van der Waals surface area (Å²) in [4.78, 5) is 10.7. The monoisotopic (exact) mass is 288 g/mol. The van der Waals surface area contributed by atoms with Crippen LogP contribution in [0.3, 0.4) is 0 Å². The molecule has 0 radical (unpaired) electrons. The van der Waals surface area contributed by atoms with Crippen molar-refractivity contribution in [1.82, 2.24) is 0 Å². The molecule has 0 aromatic heterocycles. The van der Waals surface area contributed by atoms with Crippen molar-refractivity contribution >= 4 is 6.29 Å². The average Bonchev–Trinajstić information content (AvgIpc) is 2.50. The summed E-state index contributed by atoms with van der Waals surface area (Å²) in [7, 11) is 0. The molecule has 0 heterocycles. The van der Waals surface area contributed by atoms with Crippen molar-refractivity contribution in [2.75, 3.05) is 0 Å². The van der Waals surface area contributed by atoms with Crippen molar-refractivity contribution < 1.29 is 9.90 Å². The molecule has 1 atom stereocenters. The summed E-state index contributed by atoms with van der Waals surface area (Å²) in [6, 6.07) is 6.04. The van der Waals surface area contributed by atoms with Crippen molar-refractivity contribution in [3.05, 3.63) is 41.5 Å². The van der Waals surface area contributed by atoms with Gasteiger partial charge < -0.3 is 5.11 Å². The molecule has 1 rings (SSSR count). The first-order chi connectivity index (χ1) is 10.0. The van der Waals surface area contributed by atoms with Crippen LogP contribution in [-0.2, 0) is 10.2 Å². The number of hydrogen-bond donors (Lipinski definition) is 1. The lowest BCUT2D eigenvalue weighted by Crippen LogP contribution is -2.22. The molecule has 0 aliphatic rings. The molecular formula is C19H28O2. The second-order valence-corrected chi connectivity index (χ2v) is 5.82. The van der Waals surface area contributed by atoms with E-state index in [1.165, 1.54) is 5.56 Å². The van der Waals surface area contributed by atoms with Gasteiger partial charge in [0.05, 0.1) is 0 Å². The normalized spacial score (nSPS) is 13.5. The highest BCUT2D eigenvalue weighted by Crippen LogP contribution is 2.39. The van der Waals surface area contributed by atoms with Gasteiger partial charge in [0.15, 0.2) is 0 Å². The Balaban J connectivity index is 3.22. The highest BCUT2D eigenvalue weighted by Gasteiger charge is 2.28. The van der Waals surface area contributed by atoms with Crippen LogP contribution in [0, 0.1) is 0 Å². The van der Waals surface area contributed by atoms with Crippen LogP contribution in [0.15, 0.2) is 30.4 Å². The molecular weight excluding hydrogens is 260 g/mol. The van der Waals surface area contributed by atoms with Crippen molar-refractivity contribution in [1.29, 1.82) is 0 Å². The Bertz CT molecular complexity index is 484. The van der Waals surface area contributed by atoms with Gasteiger partial charge in [-0.3, -0.25) is 4.79 Å². The van der Waals surface area contributed by atoms with Crippen molar-refractivity contribution in [2.24, 2.45) is 0 Å². The molecule has 0 saturated carbocycles. The van der Waals surface area contributed by atoms with E-state index >= 15 is 0 Å². The lowest BCUT2D eigenvalue weighted by molar-refractivity contribution is -0.104. The smallest absolute Gasteiger partial charge is 0.142 e. The molecule has 116 valence electrons. The number of benzene rings is 1. The zero-order chi connectivity index (χ0) is 15.9. The van der Waals surface area contributed by atoms with E-state index in [4.69, 9.17) is 0 Å². The van der Waals surface area contributed by atoms with E-state index in [1.54, 1.807) is 6.08 Å². The molecule has 0 fully saturated rings. The van der Waals surface area contributed by atoms with Gasteiger partial charge in [-0.2, -0.15) is 0 Å². The van der Waals surface area contributed by atoms with Crippen LogP contribution in [-0.4, -0.2) is 11.4 Å². The maximum absolute atomic E-state index is 10.7. The van der Waals surface area contributed by atoms with Gasteiger partial charge in [0.2, 0.25) is 0 Å². The van der Waals surface area contributed by atoms with Gasteiger partial charge in [-0.05, 0) is 42.9 Å². The highest BCUT2D eigenvalue weighted by molar-refractivity contribution is 5.65. The second-order valence-electron chi connectivity index (χ2n) is 5.82. The first-order valence-corrected chi connectivity index (χ1v) is 8.01. The van der Waals surface area contributed by atoms with Crippen LogP contribution in [0.5, 0.6) is 5.75 Å². The number of phenols is 1. The Morgan fingerprint density at radius 3 is 2.38 bits per heavy atom. The van der Waals surface area contributed by atoms with Gasteiger partial charge in [-0.25, -0.2) is 0 Å². The van der Waals surface area contributed by atoms with E-state index in [2.05, 4.69) is 33.8 Å². The quantitative estimate of drug-likeness (QED) is 0.533. The fourth-order valence-electron chi connectivity index (χ4n) is 3.06. The number of hydrogen-bond acceptors (Lipinski definition) is 2. The minimum Gasteiger partial charge on any atom is -0.508 e. The zero-order valence-corrected chi connectivity index (χ0v) is 13.7. The van der Waals surface area contributed by atoms with Crippen LogP contribution in [0.4, 0.5) is 0 Å². The van der Waals surface area contributed by atoms with Crippen LogP contribution < -0.4 is 0 Å². The maximum Gasteiger partial charge on any atom is 0.142 e. The van der Waals surface area contributed by atoms with Gasteiger partial charge in [0.25, 0.3) is 0 Å². The molecule has 0 aliphatic heterocycles. The van der Waals surface area contributed by atoms with Crippen LogP contribution >= 0.6 is 0 Å². The van der Waals surface area contributed by atoms with Gasteiger partial charge >= 0.3 is 0 Å². The molecule has 1 aromatic rings. The maximum atomic E-state index is 10.7. The van der Waals surface area contributed by atoms with Gasteiger partial charge in [0, 0.05) is 11.0 Å². The highest BCUT2D eigenvalue weighted by atomic mass is 16.3. The minimum atomic E-state index is -0.266. The number of rotatable bonds is 8. The number of aldehydes is 1. The standard InChI is InChI=1S/C19H28O2/c1-5-9-15(4)16-10-11-17(18(21)14-16)19(6-2,7-3)12-8-13-20/h8,10-15,21H,5-7,9H2,1-4H3. The lowest BCUT2D eigenvalue weighted by Gasteiger charge is -2.30. The number of carbonyl (C=O) groups excluding carboxylic acids is 1. The molecule has 1 unspecified atom stereocenters. The van der Waals surface area contributed by atoms with E-state index in [0.717, 1.165) is 37.5 Å². The summed E-state index contributed by atoms with van der Waals surface area (Å²) < 4.78 is 0. The van der Waals surface area contributed by atoms with E-state index in [0.29, 0.717) is 11.7 Å². The zero-order valence-electron chi connectivity index (χ0n) is 13.7. The molecule has 2 heteroatoms. The lowest BCUT2D eigenvalue weighted by atomic mass is 9.74. The number of phenolic OH excluding ortho intramolecular Hbond substituents is 1. The van der Waals surface area contributed by atoms with E-state index in [9.17, 15) is 9.90 Å². The molecule has 2 nitrogen and oxygen atoms in total. The fourth-order valence-corrected chi connectivity index (χ4v) is 3.06. The average molecular weight is 288 g/mol. The fraction of sp³-hybridized carbons (Fsp3) is 0.526. The molecule has 1 N–H and O–H groups in total. The number of aromatic hydroxyl groups is 1. The SMILES string of the molecule is CCCC(C)c1ccc(C(C=CC=O)(CC)CC)c(O)c1. The Morgan fingerprint density at radius 1 is 1.24 bits per heavy atom. The second kappa shape index (κ2) is 8.02. The Labute approximate surface area is 128 Å². The van der Waals surface area contributed by atoms with Gasteiger partial charge in [-0.1, -0.05) is 52.3 Å². The summed E-state index contributed by atoms with van der Waals surface area (Å²) in [5.74, 6) is 0.799. The van der Waals surface area contributed by atoms with Crippen molar-refractivity contribution in [3.8, 4) is 5.75 Å². The summed E-state index contributed by atoms with van der Waals surface area (Å²) >= 11 is 0. The number of carbonyl (C=O) groups is 1. The Kier molecular flexibility index (Phi) is 6.67. The first kappa shape index (κ1) is 17.5. The predicted octanol–water partition coefficient (Wildman–Crippen LogP) is 5.11. The summed E-state index contributed by atoms with van der Waals surface area (Å²) in [6.07, 6.45) is 8.23.